The number of ether oxygens (including phenoxy) is 1. The van der Waals surface area contributed by atoms with Gasteiger partial charge in [-0.2, -0.15) is 12.6 Å². The highest BCUT2D eigenvalue weighted by atomic mass is 32.1. The summed E-state index contributed by atoms with van der Waals surface area (Å²) in [6, 6.07) is 0. The predicted octanol–water partition coefficient (Wildman–Crippen LogP) is 6.11. The summed E-state index contributed by atoms with van der Waals surface area (Å²) < 4.78 is 4.62. The van der Waals surface area contributed by atoms with Crippen molar-refractivity contribution in [3.63, 3.8) is 0 Å². The summed E-state index contributed by atoms with van der Waals surface area (Å²) in [4.78, 5) is 10.9. The summed E-state index contributed by atoms with van der Waals surface area (Å²) in [5.41, 5.74) is 0. The fourth-order valence-corrected chi connectivity index (χ4v) is 2.79. The first-order valence-electron chi connectivity index (χ1n) is 9.10. The SMILES string of the molecule is CCCCCC(S)CC/C=C\CCCCCCCC(=O)OC. The first-order chi connectivity index (χ1) is 10.7. The highest BCUT2D eigenvalue weighted by Gasteiger charge is 2.01. The lowest BCUT2D eigenvalue weighted by atomic mass is 10.1. The highest BCUT2D eigenvalue weighted by Crippen LogP contribution is 2.14. The smallest absolute Gasteiger partial charge is 0.305 e. The van der Waals surface area contributed by atoms with E-state index in [-0.39, 0.29) is 5.97 Å². The number of carbonyl (C=O) groups excluding carboxylic acids is 1. The van der Waals surface area contributed by atoms with Gasteiger partial charge in [-0.25, -0.2) is 0 Å². The van der Waals surface area contributed by atoms with E-state index in [0.717, 1.165) is 12.8 Å². The van der Waals surface area contributed by atoms with E-state index in [2.05, 4.69) is 36.4 Å². The van der Waals surface area contributed by atoms with Gasteiger partial charge in [0.2, 0.25) is 0 Å². The molecule has 0 rings (SSSR count). The van der Waals surface area contributed by atoms with Gasteiger partial charge in [-0.15, -0.1) is 0 Å². The molecule has 0 saturated carbocycles. The van der Waals surface area contributed by atoms with E-state index in [1.807, 2.05) is 0 Å². The van der Waals surface area contributed by atoms with Gasteiger partial charge in [-0.3, -0.25) is 4.79 Å². The second kappa shape index (κ2) is 16.9. The molecule has 22 heavy (non-hydrogen) atoms. The molecule has 1 atom stereocenters. The molecule has 0 aliphatic heterocycles. The summed E-state index contributed by atoms with van der Waals surface area (Å²) in [5, 5.41) is 0.575. The largest absolute Gasteiger partial charge is 0.469 e. The number of methoxy groups -OCH3 is 1. The van der Waals surface area contributed by atoms with Crippen LogP contribution in [0.25, 0.3) is 0 Å². The molecule has 0 aliphatic rings. The molecule has 0 radical (unpaired) electrons. The van der Waals surface area contributed by atoms with Crippen LogP contribution in [0.5, 0.6) is 0 Å². The van der Waals surface area contributed by atoms with Gasteiger partial charge in [0.15, 0.2) is 0 Å². The maximum absolute atomic E-state index is 10.9. The molecule has 130 valence electrons. The average Bonchev–Trinajstić information content (AvgIpc) is 2.52. The Morgan fingerprint density at radius 1 is 0.955 bits per heavy atom. The molecule has 0 aromatic carbocycles. The van der Waals surface area contributed by atoms with Crippen molar-refractivity contribution in [2.24, 2.45) is 0 Å². The Balaban J connectivity index is 3.25. The number of rotatable bonds is 15. The molecule has 0 aliphatic carbocycles. The number of thiol groups is 1. The maximum atomic E-state index is 10.9. The number of esters is 1. The quantitative estimate of drug-likeness (QED) is 0.170. The molecule has 0 saturated heterocycles. The van der Waals surface area contributed by atoms with Crippen molar-refractivity contribution in [2.75, 3.05) is 7.11 Å². The Labute approximate surface area is 143 Å². The van der Waals surface area contributed by atoms with Crippen LogP contribution in [0.3, 0.4) is 0 Å². The van der Waals surface area contributed by atoms with Crippen molar-refractivity contribution in [1.82, 2.24) is 0 Å². The van der Waals surface area contributed by atoms with Crippen LogP contribution < -0.4 is 0 Å². The number of allylic oxidation sites excluding steroid dienone is 2. The van der Waals surface area contributed by atoms with Crippen LogP contribution in [0.2, 0.25) is 0 Å². The lowest BCUT2D eigenvalue weighted by Crippen LogP contribution is -1.99. The van der Waals surface area contributed by atoms with Crippen molar-refractivity contribution in [2.45, 2.75) is 95.6 Å². The van der Waals surface area contributed by atoms with Crippen LogP contribution in [0.4, 0.5) is 0 Å². The van der Waals surface area contributed by atoms with Crippen LogP contribution in [0.1, 0.15) is 90.4 Å². The van der Waals surface area contributed by atoms with E-state index >= 15 is 0 Å². The van der Waals surface area contributed by atoms with E-state index in [1.165, 1.54) is 71.3 Å². The number of hydrogen-bond donors (Lipinski definition) is 1. The first kappa shape index (κ1) is 21.6. The Bertz CT molecular complexity index is 277. The minimum atomic E-state index is -0.0832. The molecule has 0 heterocycles. The lowest BCUT2D eigenvalue weighted by molar-refractivity contribution is -0.140. The van der Waals surface area contributed by atoms with Gasteiger partial charge in [0, 0.05) is 11.7 Å². The molecule has 0 aromatic heterocycles. The molecular weight excluding hydrogens is 292 g/mol. The van der Waals surface area contributed by atoms with Gasteiger partial charge in [-0.05, 0) is 38.5 Å². The van der Waals surface area contributed by atoms with Gasteiger partial charge in [0.05, 0.1) is 7.11 Å². The number of unbranched alkanes of at least 4 members (excludes halogenated alkanes) is 7. The standard InChI is InChI=1S/C19H36O2S/c1-3-4-12-15-18(22)16-13-10-8-6-5-7-9-11-14-17-19(20)21-2/h8,10,18,22H,3-7,9,11-17H2,1-2H3/b10-8-. The Kier molecular flexibility index (Phi) is 16.6. The van der Waals surface area contributed by atoms with Gasteiger partial charge in [0.1, 0.15) is 0 Å². The lowest BCUT2D eigenvalue weighted by Gasteiger charge is -2.07. The topological polar surface area (TPSA) is 26.3 Å². The van der Waals surface area contributed by atoms with E-state index in [4.69, 9.17) is 0 Å². The molecule has 0 amide bonds. The zero-order valence-corrected chi connectivity index (χ0v) is 15.6. The highest BCUT2D eigenvalue weighted by molar-refractivity contribution is 7.80. The van der Waals surface area contributed by atoms with Crippen LogP contribution in [0, 0.1) is 0 Å². The molecular formula is C19H36O2S. The molecule has 0 bridgehead atoms. The average molecular weight is 329 g/mol. The molecule has 0 N–H and O–H groups in total. The summed E-state index contributed by atoms with van der Waals surface area (Å²) in [5.74, 6) is -0.0832. The van der Waals surface area contributed by atoms with Crippen molar-refractivity contribution in [1.29, 1.82) is 0 Å². The third kappa shape index (κ3) is 15.9. The predicted molar refractivity (Wildman–Crippen MR) is 99.6 cm³/mol. The fraction of sp³-hybridized carbons (Fsp3) is 0.842. The minimum Gasteiger partial charge on any atom is -0.469 e. The van der Waals surface area contributed by atoms with Gasteiger partial charge in [-0.1, -0.05) is 57.6 Å². The first-order valence-corrected chi connectivity index (χ1v) is 9.62. The summed E-state index contributed by atoms with van der Waals surface area (Å²) in [7, 11) is 1.45. The van der Waals surface area contributed by atoms with Crippen molar-refractivity contribution in [3.8, 4) is 0 Å². The van der Waals surface area contributed by atoms with E-state index < -0.39 is 0 Å². The zero-order chi connectivity index (χ0) is 16.5. The number of carbonyl (C=O) groups is 1. The third-order valence-corrected chi connectivity index (χ3v) is 4.47. The Hall–Kier alpha value is -0.440. The monoisotopic (exact) mass is 328 g/mol. The van der Waals surface area contributed by atoms with Gasteiger partial charge < -0.3 is 4.74 Å². The van der Waals surface area contributed by atoms with E-state index in [1.54, 1.807) is 0 Å². The van der Waals surface area contributed by atoms with Crippen LogP contribution >= 0.6 is 12.6 Å². The Morgan fingerprint density at radius 3 is 2.36 bits per heavy atom. The van der Waals surface area contributed by atoms with E-state index in [9.17, 15) is 4.79 Å². The van der Waals surface area contributed by atoms with Gasteiger partial charge >= 0.3 is 5.97 Å². The van der Waals surface area contributed by atoms with E-state index in [0.29, 0.717) is 11.7 Å². The van der Waals surface area contributed by atoms with Crippen LogP contribution in [-0.4, -0.2) is 18.3 Å². The summed E-state index contributed by atoms with van der Waals surface area (Å²) in [6.07, 6.45) is 19.8. The molecule has 1 unspecified atom stereocenters. The zero-order valence-electron chi connectivity index (χ0n) is 14.7. The second-order valence-electron chi connectivity index (χ2n) is 6.08. The summed E-state index contributed by atoms with van der Waals surface area (Å²) in [6.45, 7) is 2.25. The normalized spacial score (nSPS) is 12.7. The maximum Gasteiger partial charge on any atom is 0.305 e. The third-order valence-electron chi connectivity index (χ3n) is 3.95. The van der Waals surface area contributed by atoms with Crippen LogP contribution in [0.15, 0.2) is 12.2 Å². The summed E-state index contributed by atoms with van der Waals surface area (Å²) >= 11 is 4.65. The fourth-order valence-electron chi connectivity index (χ4n) is 2.46. The second-order valence-corrected chi connectivity index (χ2v) is 6.81. The molecule has 0 aromatic rings. The Morgan fingerprint density at radius 2 is 1.64 bits per heavy atom. The van der Waals surface area contributed by atoms with Crippen molar-refractivity contribution in [3.05, 3.63) is 12.2 Å². The number of hydrogen-bond acceptors (Lipinski definition) is 3. The minimum absolute atomic E-state index is 0.0832. The van der Waals surface area contributed by atoms with Crippen molar-refractivity contribution >= 4 is 18.6 Å². The molecule has 2 nitrogen and oxygen atoms in total. The van der Waals surface area contributed by atoms with Gasteiger partial charge in [0.25, 0.3) is 0 Å². The van der Waals surface area contributed by atoms with Crippen LogP contribution in [-0.2, 0) is 9.53 Å². The molecule has 0 fully saturated rings. The van der Waals surface area contributed by atoms with Crippen molar-refractivity contribution < 1.29 is 9.53 Å². The molecule has 3 heteroatoms. The molecule has 0 spiro atoms.